The second-order valence-electron chi connectivity index (χ2n) is 11.6. The first-order valence-corrected chi connectivity index (χ1v) is 12.9. The van der Waals surface area contributed by atoms with E-state index >= 15 is 0 Å². The number of benzene rings is 3. The molecule has 0 N–H and O–H groups in total. The van der Waals surface area contributed by atoms with Gasteiger partial charge in [-0.25, -0.2) is 4.57 Å². The zero-order valence-electron chi connectivity index (χ0n) is 21.3. The summed E-state index contributed by atoms with van der Waals surface area (Å²) in [5.74, 6) is 3.57. The van der Waals surface area contributed by atoms with E-state index in [1.807, 2.05) is 0 Å². The van der Waals surface area contributed by atoms with E-state index in [2.05, 4.69) is 127 Å². The molecular weight excluding hydrogens is 442 g/mol. The summed E-state index contributed by atoms with van der Waals surface area (Å²) in [6, 6.07) is 26.7. The van der Waals surface area contributed by atoms with Crippen molar-refractivity contribution in [3.8, 4) is 28.4 Å². The van der Waals surface area contributed by atoms with Crippen molar-refractivity contribution in [1.29, 1.82) is 0 Å². The highest BCUT2D eigenvalue weighted by molar-refractivity contribution is 5.85. The molecule has 0 amide bonds. The SMILES string of the molecule is CC(C)c1ccc2c3c1Oc1cccc4c1[n+]-3c(n4C(C)(C)C)C21c2ccccc2-c2cccc[n+]21. The van der Waals surface area contributed by atoms with Gasteiger partial charge < -0.3 is 4.74 Å². The van der Waals surface area contributed by atoms with E-state index in [-0.39, 0.29) is 5.54 Å². The van der Waals surface area contributed by atoms with Crippen molar-refractivity contribution in [3.63, 3.8) is 0 Å². The Morgan fingerprint density at radius 1 is 0.861 bits per heavy atom. The molecule has 1 atom stereocenters. The molecule has 0 saturated heterocycles. The molecule has 176 valence electrons. The molecule has 0 aliphatic carbocycles. The summed E-state index contributed by atoms with van der Waals surface area (Å²) < 4.78 is 14.4. The maximum absolute atomic E-state index is 6.82. The van der Waals surface area contributed by atoms with Gasteiger partial charge in [0.1, 0.15) is 5.54 Å². The van der Waals surface area contributed by atoms with Gasteiger partial charge >= 0.3 is 11.4 Å². The van der Waals surface area contributed by atoms with Crippen molar-refractivity contribution in [2.75, 3.05) is 0 Å². The summed E-state index contributed by atoms with van der Waals surface area (Å²) in [7, 11) is 0. The maximum atomic E-state index is 6.82. The number of aromatic nitrogens is 3. The molecule has 0 fully saturated rings. The van der Waals surface area contributed by atoms with E-state index in [0.717, 1.165) is 17.0 Å². The monoisotopic (exact) mass is 471 g/mol. The van der Waals surface area contributed by atoms with Gasteiger partial charge in [0, 0.05) is 17.7 Å². The van der Waals surface area contributed by atoms with Crippen LogP contribution in [0.25, 0.3) is 28.0 Å². The van der Waals surface area contributed by atoms with Crippen LogP contribution in [-0.2, 0) is 11.1 Å². The van der Waals surface area contributed by atoms with Gasteiger partial charge in [-0.2, -0.15) is 9.13 Å². The Morgan fingerprint density at radius 2 is 1.67 bits per heavy atom. The number of rotatable bonds is 1. The van der Waals surface area contributed by atoms with Crippen LogP contribution in [0.1, 0.15) is 63.1 Å². The van der Waals surface area contributed by atoms with Crippen molar-refractivity contribution < 1.29 is 13.9 Å². The average molecular weight is 472 g/mol. The van der Waals surface area contributed by atoms with Gasteiger partial charge in [0.05, 0.1) is 16.7 Å². The maximum Gasteiger partial charge on any atom is 0.347 e. The molecule has 5 aromatic rings. The molecule has 8 rings (SSSR count). The lowest BCUT2D eigenvalue weighted by Crippen LogP contribution is -2.58. The van der Waals surface area contributed by atoms with Crippen LogP contribution in [0.4, 0.5) is 0 Å². The summed E-state index contributed by atoms with van der Waals surface area (Å²) in [5.41, 5.74) is 9.32. The van der Waals surface area contributed by atoms with Crippen LogP contribution in [0.5, 0.6) is 11.5 Å². The highest BCUT2D eigenvalue weighted by atomic mass is 16.5. The Labute approximate surface area is 211 Å². The fourth-order valence-electron chi connectivity index (χ4n) is 7.04. The molecule has 0 radical (unpaired) electrons. The second kappa shape index (κ2) is 6.25. The Bertz CT molecular complexity index is 1740. The van der Waals surface area contributed by atoms with E-state index in [1.165, 1.54) is 45.0 Å². The largest absolute Gasteiger partial charge is 0.448 e. The highest BCUT2D eigenvalue weighted by Gasteiger charge is 2.69. The van der Waals surface area contributed by atoms with Gasteiger partial charge in [0.25, 0.3) is 0 Å². The quantitative estimate of drug-likeness (QED) is 0.257. The number of pyridine rings is 1. The van der Waals surface area contributed by atoms with Gasteiger partial charge in [0.15, 0.2) is 28.9 Å². The lowest BCUT2D eigenvalue weighted by molar-refractivity contribution is -0.733. The number of imidazole rings is 1. The first kappa shape index (κ1) is 20.3. The number of hydrogen-bond donors (Lipinski definition) is 0. The van der Waals surface area contributed by atoms with Crippen LogP contribution in [-0.4, -0.2) is 4.57 Å². The summed E-state index contributed by atoms with van der Waals surface area (Å²) in [5, 5.41) is 0. The zero-order chi connectivity index (χ0) is 24.6. The number of fused-ring (bicyclic) bond motifs is 7. The molecule has 0 bridgehead atoms. The number of para-hydroxylation sites is 1. The van der Waals surface area contributed by atoms with Gasteiger partial charge in [-0.1, -0.05) is 44.2 Å². The summed E-state index contributed by atoms with van der Waals surface area (Å²) >= 11 is 0. The second-order valence-corrected chi connectivity index (χ2v) is 11.6. The van der Waals surface area contributed by atoms with Crippen LogP contribution in [0.2, 0.25) is 0 Å². The predicted molar refractivity (Wildman–Crippen MR) is 140 cm³/mol. The lowest BCUT2D eigenvalue weighted by atomic mass is 9.81. The van der Waals surface area contributed by atoms with Crippen LogP contribution < -0.4 is 13.9 Å². The third-order valence-corrected chi connectivity index (χ3v) is 8.28. The van der Waals surface area contributed by atoms with Gasteiger partial charge in [-0.05, 0) is 57.0 Å². The van der Waals surface area contributed by atoms with E-state index in [0.29, 0.717) is 5.92 Å². The van der Waals surface area contributed by atoms with Gasteiger partial charge in [-0.15, -0.1) is 0 Å². The number of ether oxygens (including phenoxy) is 1. The van der Waals surface area contributed by atoms with Crippen molar-refractivity contribution >= 4 is 11.0 Å². The van der Waals surface area contributed by atoms with E-state index in [4.69, 9.17) is 4.74 Å². The van der Waals surface area contributed by atoms with Gasteiger partial charge in [-0.3, -0.25) is 0 Å². The summed E-state index contributed by atoms with van der Waals surface area (Å²) in [4.78, 5) is 0. The molecule has 2 aromatic heterocycles. The van der Waals surface area contributed by atoms with Crippen LogP contribution >= 0.6 is 0 Å². The molecule has 3 aliphatic heterocycles. The normalized spacial score (nSPS) is 18.2. The molecule has 1 unspecified atom stereocenters. The smallest absolute Gasteiger partial charge is 0.347 e. The molecule has 4 nitrogen and oxygen atoms in total. The van der Waals surface area contributed by atoms with Crippen LogP contribution in [0, 0.1) is 0 Å². The van der Waals surface area contributed by atoms with Crippen LogP contribution in [0.3, 0.4) is 0 Å². The van der Waals surface area contributed by atoms with Crippen molar-refractivity contribution in [3.05, 3.63) is 102 Å². The first-order valence-electron chi connectivity index (χ1n) is 12.9. The fourth-order valence-corrected chi connectivity index (χ4v) is 7.04. The molecule has 5 heterocycles. The number of nitrogens with zero attached hydrogens (tertiary/aromatic N) is 3. The van der Waals surface area contributed by atoms with Gasteiger partial charge in [0.2, 0.25) is 11.2 Å². The Morgan fingerprint density at radius 3 is 2.47 bits per heavy atom. The molecule has 1 spiro atoms. The Kier molecular flexibility index (Phi) is 3.52. The molecule has 3 aromatic carbocycles. The highest BCUT2D eigenvalue weighted by Crippen LogP contribution is 2.56. The van der Waals surface area contributed by atoms with Crippen molar-refractivity contribution in [2.24, 2.45) is 0 Å². The predicted octanol–water partition coefficient (Wildman–Crippen LogP) is 6.32. The lowest BCUT2D eigenvalue weighted by Gasteiger charge is -2.25. The summed E-state index contributed by atoms with van der Waals surface area (Å²) in [6.07, 6.45) is 2.26. The zero-order valence-corrected chi connectivity index (χ0v) is 21.3. The standard InChI is InChI=1S/C32H29N3O/c1-19(2)20-16-17-23-27-29(20)36-26-15-10-14-25-28(26)34(27)30(35(25)31(3,4)5)32(23)22-12-7-6-11-21(22)24-13-8-9-18-33(24)32/h6-19H,1-5H3/q+2. The molecular formula is C32H29N3O+2. The summed E-state index contributed by atoms with van der Waals surface area (Å²) in [6.45, 7) is 11.4. The first-order chi connectivity index (χ1) is 17.3. The fraction of sp³-hybridized carbons (Fsp3) is 0.250. The van der Waals surface area contributed by atoms with E-state index < -0.39 is 5.54 Å². The number of hydrogen-bond acceptors (Lipinski definition) is 1. The molecule has 36 heavy (non-hydrogen) atoms. The van der Waals surface area contributed by atoms with Crippen LogP contribution in [0.15, 0.2) is 79.0 Å². The third kappa shape index (κ3) is 2.06. The topological polar surface area (TPSA) is 21.9 Å². The molecule has 4 heteroatoms. The molecule has 3 aliphatic rings. The van der Waals surface area contributed by atoms with E-state index in [9.17, 15) is 0 Å². The minimum Gasteiger partial charge on any atom is -0.448 e. The third-order valence-electron chi connectivity index (χ3n) is 8.28. The Hall–Kier alpha value is -3.92. The molecule has 0 saturated carbocycles. The Balaban J connectivity index is 1.69. The average Bonchev–Trinajstić information content (AvgIpc) is 3.46. The minimum absolute atomic E-state index is 0.148. The van der Waals surface area contributed by atoms with Crippen molar-refractivity contribution in [2.45, 2.75) is 51.6 Å². The van der Waals surface area contributed by atoms with Crippen molar-refractivity contribution in [1.82, 2.24) is 4.57 Å². The van der Waals surface area contributed by atoms with E-state index in [1.54, 1.807) is 0 Å². The minimum atomic E-state index is -0.496.